The minimum Gasteiger partial charge on any atom is -0.271 e. The van der Waals surface area contributed by atoms with Gasteiger partial charge in [0.25, 0.3) is 0 Å². The Balaban J connectivity index is 0.000000845. The van der Waals surface area contributed by atoms with Gasteiger partial charge in [-0.25, -0.2) is 0 Å². The smallest absolute Gasteiger partial charge is 0.271 e. The normalized spacial score (nSPS) is 38.6. The highest BCUT2D eigenvalue weighted by atomic mass is 35.5. The van der Waals surface area contributed by atoms with Gasteiger partial charge in [0, 0.05) is 12.0 Å². The summed E-state index contributed by atoms with van der Waals surface area (Å²) in [4.78, 5) is 0. The SMILES string of the molecule is Cl.Cl.NNC12CC(CC(F)(F)F)(C1)C2. The number of nitrogens with one attached hydrogen (secondary N) is 1. The minimum absolute atomic E-state index is 0. The van der Waals surface area contributed by atoms with Crippen LogP contribution in [0.15, 0.2) is 0 Å². The lowest BCUT2D eigenvalue weighted by Crippen LogP contribution is -2.75. The second-order valence-electron chi connectivity index (χ2n) is 4.25. The third kappa shape index (κ3) is 2.10. The van der Waals surface area contributed by atoms with E-state index in [1.165, 1.54) is 0 Å². The van der Waals surface area contributed by atoms with Gasteiger partial charge in [-0.2, -0.15) is 13.2 Å². The molecule has 3 fully saturated rings. The number of hydrogen-bond acceptors (Lipinski definition) is 2. The summed E-state index contributed by atoms with van der Waals surface area (Å²) in [7, 11) is 0. The van der Waals surface area contributed by atoms with Gasteiger partial charge in [-0.05, 0) is 24.7 Å². The molecule has 0 unspecified atom stereocenters. The van der Waals surface area contributed by atoms with Gasteiger partial charge < -0.3 is 0 Å². The molecule has 86 valence electrons. The van der Waals surface area contributed by atoms with E-state index in [9.17, 15) is 13.2 Å². The van der Waals surface area contributed by atoms with Crippen LogP contribution in [0.5, 0.6) is 0 Å². The maximum absolute atomic E-state index is 12.0. The van der Waals surface area contributed by atoms with E-state index in [0.29, 0.717) is 19.3 Å². The van der Waals surface area contributed by atoms with E-state index in [1.807, 2.05) is 0 Å². The van der Waals surface area contributed by atoms with Crippen molar-refractivity contribution in [2.24, 2.45) is 11.3 Å². The zero-order valence-corrected chi connectivity index (χ0v) is 8.99. The Kier molecular flexibility index (Phi) is 3.78. The average molecular weight is 253 g/mol. The van der Waals surface area contributed by atoms with Crippen LogP contribution in [0.25, 0.3) is 0 Å². The molecule has 3 N–H and O–H groups in total. The molecule has 0 aromatic rings. The van der Waals surface area contributed by atoms with Crippen LogP contribution in [0.1, 0.15) is 25.7 Å². The third-order valence-corrected chi connectivity index (χ3v) is 3.02. The molecule has 0 amide bonds. The summed E-state index contributed by atoms with van der Waals surface area (Å²) >= 11 is 0. The van der Waals surface area contributed by atoms with E-state index in [4.69, 9.17) is 5.84 Å². The molecule has 0 saturated heterocycles. The Labute approximate surface area is 92.6 Å². The molecule has 3 aliphatic rings. The van der Waals surface area contributed by atoms with Crippen molar-refractivity contribution in [3.63, 3.8) is 0 Å². The molecule has 2 nitrogen and oxygen atoms in total. The fraction of sp³-hybridized carbons (Fsp3) is 1.00. The van der Waals surface area contributed by atoms with Crippen LogP contribution in [0.2, 0.25) is 0 Å². The average Bonchev–Trinajstić information content (AvgIpc) is 1.72. The van der Waals surface area contributed by atoms with E-state index in [2.05, 4.69) is 5.43 Å². The molecule has 0 aromatic heterocycles. The van der Waals surface area contributed by atoms with Crippen molar-refractivity contribution in [2.45, 2.75) is 37.4 Å². The number of hydrazine groups is 1. The summed E-state index contributed by atoms with van der Waals surface area (Å²) in [5.74, 6) is 5.20. The van der Waals surface area contributed by atoms with Crippen LogP contribution in [-0.4, -0.2) is 11.7 Å². The quantitative estimate of drug-likeness (QED) is 0.584. The van der Waals surface area contributed by atoms with Crippen molar-refractivity contribution >= 4 is 24.8 Å². The highest BCUT2D eigenvalue weighted by molar-refractivity contribution is 5.85. The molecular formula is C7H13Cl2F3N2. The summed E-state index contributed by atoms with van der Waals surface area (Å²) in [5.41, 5.74) is 2.00. The second kappa shape index (κ2) is 3.70. The highest BCUT2D eigenvalue weighted by Crippen LogP contribution is 2.70. The van der Waals surface area contributed by atoms with E-state index in [0.717, 1.165) is 0 Å². The van der Waals surface area contributed by atoms with Gasteiger partial charge in [0.2, 0.25) is 0 Å². The van der Waals surface area contributed by atoms with Crippen LogP contribution in [0.4, 0.5) is 13.2 Å². The maximum atomic E-state index is 12.0. The van der Waals surface area contributed by atoms with Gasteiger partial charge in [0.15, 0.2) is 0 Å². The Morgan fingerprint density at radius 3 is 1.86 bits per heavy atom. The molecule has 0 radical (unpaired) electrons. The first-order valence-electron chi connectivity index (χ1n) is 3.93. The third-order valence-electron chi connectivity index (χ3n) is 3.02. The van der Waals surface area contributed by atoms with Crippen molar-refractivity contribution in [1.29, 1.82) is 0 Å². The van der Waals surface area contributed by atoms with E-state index in [-0.39, 0.29) is 30.4 Å². The lowest BCUT2D eigenvalue weighted by molar-refractivity contribution is -0.238. The molecule has 0 heterocycles. The van der Waals surface area contributed by atoms with Crippen molar-refractivity contribution < 1.29 is 13.2 Å². The largest absolute Gasteiger partial charge is 0.389 e. The van der Waals surface area contributed by atoms with Crippen molar-refractivity contribution in [1.82, 2.24) is 5.43 Å². The van der Waals surface area contributed by atoms with Gasteiger partial charge in [-0.3, -0.25) is 11.3 Å². The van der Waals surface area contributed by atoms with Gasteiger partial charge in [-0.15, -0.1) is 24.8 Å². The van der Waals surface area contributed by atoms with Crippen LogP contribution >= 0.6 is 24.8 Å². The van der Waals surface area contributed by atoms with E-state index < -0.39 is 18.0 Å². The molecule has 3 rings (SSSR count). The first-order valence-corrected chi connectivity index (χ1v) is 3.93. The zero-order valence-electron chi connectivity index (χ0n) is 7.36. The fourth-order valence-corrected chi connectivity index (χ4v) is 2.76. The first kappa shape index (κ1) is 14.3. The predicted molar refractivity (Wildman–Crippen MR) is 51.5 cm³/mol. The summed E-state index contributed by atoms with van der Waals surface area (Å²) < 4.78 is 35.9. The number of nitrogens with two attached hydrogens (primary N) is 1. The van der Waals surface area contributed by atoms with Crippen molar-refractivity contribution in [3.05, 3.63) is 0 Å². The lowest BCUT2D eigenvalue weighted by atomic mass is 9.38. The Morgan fingerprint density at radius 1 is 1.14 bits per heavy atom. The van der Waals surface area contributed by atoms with Gasteiger partial charge in [0.1, 0.15) is 0 Å². The molecule has 2 bridgehead atoms. The maximum Gasteiger partial charge on any atom is 0.389 e. The van der Waals surface area contributed by atoms with Crippen molar-refractivity contribution in [3.8, 4) is 0 Å². The van der Waals surface area contributed by atoms with E-state index >= 15 is 0 Å². The topological polar surface area (TPSA) is 38.0 Å². The predicted octanol–water partition coefficient (Wildman–Crippen LogP) is 2.17. The monoisotopic (exact) mass is 252 g/mol. The summed E-state index contributed by atoms with van der Waals surface area (Å²) in [6, 6.07) is 0. The molecule has 0 aliphatic heterocycles. The van der Waals surface area contributed by atoms with E-state index in [1.54, 1.807) is 0 Å². The fourth-order valence-electron chi connectivity index (χ4n) is 2.76. The Bertz CT molecular complexity index is 200. The molecule has 3 aliphatic carbocycles. The first-order chi connectivity index (χ1) is 5.39. The highest BCUT2D eigenvalue weighted by Gasteiger charge is 2.69. The molecule has 0 spiro atoms. The second-order valence-corrected chi connectivity index (χ2v) is 4.25. The van der Waals surface area contributed by atoms with Crippen LogP contribution in [0.3, 0.4) is 0 Å². The lowest BCUT2D eigenvalue weighted by Gasteiger charge is -2.70. The Morgan fingerprint density at radius 2 is 1.57 bits per heavy atom. The molecule has 0 aromatic carbocycles. The van der Waals surface area contributed by atoms with Crippen LogP contribution in [0, 0.1) is 5.41 Å². The molecule has 7 heteroatoms. The van der Waals surface area contributed by atoms with Crippen molar-refractivity contribution in [2.75, 3.05) is 0 Å². The van der Waals surface area contributed by atoms with Crippen LogP contribution in [-0.2, 0) is 0 Å². The number of hydrogen-bond donors (Lipinski definition) is 2. The summed E-state index contributed by atoms with van der Waals surface area (Å²) in [6.07, 6.45) is -2.87. The number of rotatable bonds is 2. The minimum atomic E-state index is -4.01. The zero-order chi connectivity index (χ0) is 9.04. The Hall–Kier alpha value is 0.290. The number of halogens is 5. The molecular weight excluding hydrogens is 240 g/mol. The summed E-state index contributed by atoms with van der Waals surface area (Å²) in [5, 5.41) is 0. The van der Waals surface area contributed by atoms with Gasteiger partial charge in [-0.1, -0.05) is 0 Å². The standard InChI is InChI=1S/C7H11F3N2.2ClH/c8-7(9,10)4-5-1-6(2-5,3-5)12-11;;/h12H,1-4,11H2;2*1H. The van der Waals surface area contributed by atoms with Crippen LogP contribution < -0.4 is 11.3 Å². The number of alkyl halides is 3. The summed E-state index contributed by atoms with van der Waals surface area (Å²) in [6.45, 7) is 0. The molecule has 3 saturated carbocycles. The molecule has 14 heavy (non-hydrogen) atoms. The van der Waals surface area contributed by atoms with Gasteiger partial charge in [0.05, 0.1) is 0 Å². The van der Waals surface area contributed by atoms with Gasteiger partial charge >= 0.3 is 6.18 Å². The molecule has 0 atom stereocenters.